The topological polar surface area (TPSA) is 76.0 Å². The highest BCUT2D eigenvalue weighted by atomic mass is 16.2. The fourth-order valence-corrected chi connectivity index (χ4v) is 4.54. The van der Waals surface area contributed by atoms with Gasteiger partial charge >= 0.3 is 0 Å². The Bertz CT molecular complexity index is 996. The second-order valence-corrected chi connectivity index (χ2v) is 12.0. The third-order valence-electron chi connectivity index (χ3n) is 7.02. The Kier molecular flexibility index (Phi) is 7.30. The number of nitrogens with one attached hydrogen (secondary N) is 2. The van der Waals surface area contributed by atoms with Crippen LogP contribution in [0.5, 0.6) is 0 Å². The summed E-state index contributed by atoms with van der Waals surface area (Å²) in [5, 5.41) is 10.7. The first-order valence-corrected chi connectivity index (χ1v) is 12.5. The van der Waals surface area contributed by atoms with E-state index in [4.69, 9.17) is 0 Å². The molecule has 6 heteroatoms. The van der Waals surface area contributed by atoms with Gasteiger partial charge in [-0.3, -0.25) is 14.3 Å². The Morgan fingerprint density at radius 3 is 1.97 bits per heavy atom. The summed E-state index contributed by atoms with van der Waals surface area (Å²) >= 11 is 0. The number of hydrogen-bond acceptors (Lipinski definition) is 3. The van der Waals surface area contributed by atoms with Gasteiger partial charge in [-0.1, -0.05) is 66.9 Å². The Balaban J connectivity index is 1.87. The van der Waals surface area contributed by atoms with E-state index in [1.807, 2.05) is 32.2 Å². The van der Waals surface area contributed by atoms with Crippen molar-refractivity contribution in [2.24, 2.45) is 7.05 Å². The zero-order valence-corrected chi connectivity index (χ0v) is 22.3. The normalized spacial score (nSPS) is 16.2. The predicted molar refractivity (Wildman–Crippen MR) is 137 cm³/mol. The fourth-order valence-electron chi connectivity index (χ4n) is 4.54. The van der Waals surface area contributed by atoms with Gasteiger partial charge in [0, 0.05) is 18.3 Å². The molecule has 0 unspecified atom stereocenters. The van der Waals surface area contributed by atoms with Gasteiger partial charge < -0.3 is 10.6 Å². The molecule has 2 aromatic rings. The minimum absolute atomic E-state index is 0.0863. The van der Waals surface area contributed by atoms with Crippen molar-refractivity contribution in [3.05, 3.63) is 52.3 Å². The second kappa shape index (κ2) is 9.55. The smallest absolute Gasteiger partial charge is 0.252 e. The summed E-state index contributed by atoms with van der Waals surface area (Å²) in [6.07, 6.45) is 4.23. The number of aromatic nitrogens is 2. The molecule has 0 saturated heterocycles. The molecule has 186 valence electrons. The highest BCUT2D eigenvalue weighted by Gasteiger charge is 2.41. The molecule has 0 spiro atoms. The van der Waals surface area contributed by atoms with Gasteiger partial charge in [-0.05, 0) is 59.9 Å². The van der Waals surface area contributed by atoms with Crippen molar-refractivity contribution in [3.63, 3.8) is 0 Å². The molecule has 1 aromatic carbocycles. The first-order valence-electron chi connectivity index (χ1n) is 12.5. The zero-order valence-electron chi connectivity index (χ0n) is 22.3. The lowest BCUT2D eigenvalue weighted by Gasteiger charge is -2.37. The third-order valence-corrected chi connectivity index (χ3v) is 7.02. The summed E-state index contributed by atoms with van der Waals surface area (Å²) in [5.74, 6) is -0.297. The first-order chi connectivity index (χ1) is 15.7. The maximum Gasteiger partial charge on any atom is 0.252 e. The molecule has 1 fully saturated rings. The van der Waals surface area contributed by atoms with Gasteiger partial charge in [-0.25, -0.2) is 0 Å². The Hall–Kier alpha value is -2.63. The van der Waals surface area contributed by atoms with Gasteiger partial charge in [0.05, 0.1) is 12.2 Å². The minimum atomic E-state index is -0.890. The van der Waals surface area contributed by atoms with Crippen LogP contribution >= 0.6 is 0 Å². The molecule has 2 N–H and O–H groups in total. The first kappa shape index (κ1) is 26.0. The van der Waals surface area contributed by atoms with E-state index in [-0.39, 0.29) is 22.6 Å². The van der Waals surface area contributed by atoms with Crippen LogP contribution < -0.4 is 10.6 Å². The molecule has 0 radical (unpaired) electrons. The molecule has 0 aliphatic heterocycles. The van der Waals surface area contributed by atoms with Crippen LogP contribution in [0.4, 0.5) is 0 Å². The summed E-state index contributed by atoms with van der Waals surface area (Å²) < 4.78 is 1.80. The lowest BCUT2D eigenvalue weighted by atomic mass is 9.78. The van der Waals surface area contributed by atoms with E-state index in [0.717, 1.165) is 41.8 Å². The van der Waals surface area contributed by atoms with E-state index in [2.05, 4.69) is 63.3 Å². The van der Waals surface area contributed by atoms with Gasteiger partial charge in [-0.15, -0.1) is 0 Å². The Labute approximate surface area is 204 Å². The van der Waals surface area contributed by atoms with E-state index in [1.165, 1.54) is 0 Å². The second-order valence-electron chi connectivity index (χ2n) is 12.0. The molecule has 3 rings (SSSR count). The van der Waals surface area contributed by atoms with Crippen molar-refractivity contribution >= 4 is 11.8 Å². The van der Waals surface area contributed by atoms with Gasteiger partial charge in [0.2, 0.25) is 5.91 Å². The van der Waals surface area contributed by atoms with Crippen molar-refractivity contribution < 1.29 is 9.59 Å². The number of nitrogens with zero attached hydrogens (tertiary/aromatic N) is 2. The summed E-state index contributed by atoms with van der Waals surface area (Å²) in [5.41, 5.74) is 3.66. The Morgan fingerprint density at radius 2 is 1.50 bits per heavy atom. The largest absolute Gasteiger partial charge is 0.348 e. The van der Waals surface area contributed by atoms with E-state index >= 15 is 0 Å². The molecule has 1 aliphatic rings. The highest BCUT2D eigenvalue weighted by Crippen LogP contribution is 2.32. The molecular formula is C28H42N4O2. The van der Waals surface area contributed by atoms with Crippen molar-refractivity contribution in [2.75, 3.05) is 0 Å². The molecule has 6 nitrogen and oxygen atoms in total. The molecule has 0 atom stereocenters. The maximum atomic E-state index is 13.6. The third kappa shape index (κ3) is 5.89. The number of carbonyl (C=O) groups is 2. The summed E-state index contributed by atoms with van der Waals surface area (Å²) in [4.78, 5) is 27.0. The number of hydrogen-bond donors (Lipinski definition) is 2. The number of rotatable bonds is 5. The fraction of sp³-hybridized carbons (Fsp3) is 0.607. The standard InChI is InChI=1S/C28H42N4O2/c1-19-14-23(31-32(19)8)18-29-25(34)28(12-10-9-11-13-28)30-24(33)20-15-21(26(2,3)4)17-22(16-20)27(5,6)7/h14-17H,9-13,18H2,1-8H3,(H,29,34)(H,30,33). The highest BCUT2D eigenvalue weighted by molar-refractivity contribution is 5.99. The van der Waals surface area contributed by atoms with Gasteiger partial charge in [-0.2, -0.15) is 5.10 Å². The Morgan fingerprint density at radius 1 is 0.941 bits per heavy atom. The van der Waals surface area contributed by atoms with Gasteiger partial charge in [0.1, 0.15) is 5.54 Å². The van der Waals surface area contributed by atoms with Gasteiger partial charge in [0.25, 0.3) is 5.91 Å². The van der Waals surface area contributed by atoms with Gasteiger partial charge in [0.15, 0.2) is 0 Å². The van der Waals surface area contributed by atoms with E-state index < -0.39 is 5.54 Å². The molecule has 1 aromatic heterocycles. The molecule has 0 bridgehead atoms. The molecule has 1 heterocycles. The summed E-state index contributed by atoms with van der Waals surface area (Å²) in [6, 6.07) is 8.14. The average Bonchev–Trinajstić information content (AvgIpc) is 3.08. The van der Waals surface area contributed by atoms with Crippen LogP contribution in [0.3, 0.4) is 0 Å². The van der Waals surface area contributed by atoms with Crippen molar-refractivity contribution in [1.29, 1.82) is 0 Å². The molecular weight excluding hydrogens is 424 g/mol. The lowest BCUT2D eigenvalue weighted by Crippen LogP contribution is -2.59. The van der Waals surface area contributed by atoms with E-state index in [1.54, 1.807) is 4.68 Å². The van der Waals surface area contributed by atoms with Crippen molar-refractivity contribution in [1.82, 2.24) is 20.4 Å². The quantitative estimate of drug-likeness (QED) is 0.646. The van der Waals surface area contributed by atoms with Crippen LogP contribution in [0, 0.1) is 6.92 Å². The monoisotopic (exact) mass is 466 g/mol. The summed E-state index contributed by atoms with van der Waals surface area (Å²) in [6.45, 7) is 15.3. The van der Waals surface area contributed by atoms with Crippen LogP contribution in [-0.2, 0) is 29.2 Å². The van der Waals surface area contributed by atoms with Crippen LogP contribution in [0.2, 0.25) is 0 Å². The maximum absolute atomic E-state index is 13.6. The van der Waals surface area contributed by atoms with Crippen LogP contribution in [0.25, 0.3) is 0 Å². The van der Waals surface area contributed by atoms with Crippen LogP contribution in [0.1, 0.15) is 107 Å². The minimum Gasteiger partial charge on any atom is -0.348 e. The number of amides is 2. The summed E-state index contributed by atoms with van der Waals surface area (Å²) in [7, 11) is 1.89. The van der Waals surface area contributed by atoms with E-state index in [0.29, 0.717) is 24.9 Å². The number of carbonyl (C=O) groups excluding carboxylic acids is 2. The molecule has 1 saturated carbocycles. The number of aryl methyl sites for hydroxylation is 2. The van der Waals surface area contributed by atoms with Crippen molar-refractivity contribution in [2.45, 2.75) is 103 Å². The van der Waals surface area contributed by atoms with Crippen LogP contribution in [-0.4, -0.2) is 27.1 Å². The SMILES string of the molecule is Cc1cc(CNC(=O)C2(NC(=O)c3cc(C(C)(C)C)cc(C(C)(C)C)c3)CCCCC2)nn1C. The molecule has 1 aliphatic carbocycles. The molecule has 34 heavy (non-hydrogen) atoms. The van der Waals surface area contributed by atoms with Crippen LogP contribution in [0.15, 0.2) is 24.3 Å². The van der Waals surface area contributed by atoms with E-state index in [9.17, 15) is 9.59 Å². The predicted octanol–water partition coefficient (Wildman–Crippen LogP) is 5.07. The number of benzene rings is 1. The zero-order chi connectivity index (χ0) is 25.3. The lowest BCUT2D eigenvalue weighted by molar-refractivity contribution is -0.128. The average molecular weight is 467 g/mol. The van der Waals surface area contributed by atoms with Crippen molar-refractivity contribution in [3.8, 4) is 0 Å². The molecule has 2 amide bonds.